The second kappa shape index (κ2) is 7.61. The summed E-state index contributed by atoms with van der Waals surface area (Å²) in [6.45, 7) is 2.07. The van der Waals surface area contributed by atoms with Gasteiger partial charge in [0, 0.05) is 23.9 Å². The second-order valence-electron chi connectivity index (χ2n) is 5.70. The van der Waals surface area contributed by atoms with E-state index in [0.29, 0.717) is 0 Å². The van der Waals surface area contributed by atoms with Gasteiger partial charge < -0.3 is 14.0 Å². The zero-order valence-corrected chi connectivity index (χ0v) is 15.6. The zero-order chi connectivity index (χ0) is 17.8. The Kier molecular flexibility index (Phi) is 5.28. The SMILES string of the molecule is COc1ccc(OC)c(CSc2nnc(-c3cccc(C)c3)n2C)c1. The Hall–Kier alpha value is -2.47. The summed E-state index contributed by atoms with van der Waals surface area (Å²) >= 11 is 1.62. The van der Waals surface area contributed by atoms with Crippen molar-refractivity contribution in [2.75, 3.05) is 14.2 Å². The molecule has 2 aromatic carbocycles. The number of benzene rings is 2. The standard InChI is InChI=1S/C19H21N3O2S/c1-13-6-5-7-14(10-13)18-20-21-19(22(18)2)25-12-15-11-16(23-3)8-9-17(15)24-4/h5-11H,12H2,1-4H3. The fraction of sp³-hybridized carbons (Fsp3) is 0.263. The van der Waals surface area contributed by atoms with Gasteiger partial charge in [-0.3, -0.25) is 0 Å². The third kappa shape index (κ3) is 3.79. The molecule has 5 nitrogen and oxygen atoms in total. The average Bonchev–Trinajstić information content (AvgIpc) is 3.00. The molecule has 0 amide bonds. The first-order valence-corrected chi connectivity index (χ1v) is 8.91. The predicted molar refractivity (Wildman–Crippen MR) is 100 cm³/mol. The molecule has 0 spiro atoms. The first-order chi connectivity index (χ1) is 12.1. The molecular formula is C19H21N3O2S. The molecule has 25 heavy (non-hydrogen) atoms. The van der Waals surface area contributed by atoms with Crippen molar-refractivity contribution in [2.24, 2.45) is 7.05 Å². The fourth-order valence-electron chi connectivity index (χ4n) is 2.61. The quantitative estimate of drug-likeness (QED) is 0.623. The minimum Gasteiger partial charge on any atom is -0.497 e. The molecule has 6 heteroatoms. The summed E-state index contributed by atoms with van der Waals surface area (Å²) in [4.78, 5) is 0. The lowest BCUT2D eigenvalue weighted by Gasteiger charge is -2.10. The van der Waals surface area contributed by atoms with Crippen molar-refractivity contribution in [2.45, 2.75) is 17.8 Å². The summed E-state index contributed by atoms with van der Waals surface area (Å²) in [5.41, 5.74) is 3.34. The van der Waals surface area contributed by atoms with Crippen LogP contribution in [0.15, 0.2) is 47.6 Å². The highest BCUT2D eigenvalue weighted by Crippen LogP contribution is 2.31. The van der Waals surface area contributed by atoms with Crippen molar-refractivity contribution in [3.63, 3.8) is 0 Å². The predicted octanol–water partition coefficient (Wildman–Crippen LogP) is 4.10. The molecular weight excluding hydrogens is 334 g/mol. The average molecular weight is 355 g/mol. The summed E-state index contributed by atoms with van der Waals surface area (Å²) in [5.74, 6) is 3.24. The van der Waals surface area contributed by atoms with E-state index in [0.717, 1.165) is 39.4 Å². The third-order valence-electron chi connectivity index (χ3n) is 3.96. The molecule has 0 radical (unpaired) electrons. The van der Waals surface area contributed by atoms with E-state index < -0.39 is 0 Å². The van der Waals surface area contributed by atoms with Crippen LogP contribution in [0.5, 0.6) is 11.5 Å². The van der Waals surface area contributed by atoms with Gasteiger partial charge in [-0.25, -0.2) is 0 Å². The van der Waals surface area contributed by atoms with E-state index in [4.69, 9.17) is 9.47 Å². The zero-order valence-electron chi connectivity index (χ0n) is 14.8. The van der Waals surface area contributed by atoms with E-state index in [1.54, 1.807) is 26.0 Å². The summed E-state index contributed by atoms with van der Waals surface area (Å²) in [6, 6.07) is 14.1. The molecule has 0 aliphatic rings. The Bertz CT molecular complexity index is 877. The molecule has 0 unspecified atom stereocenters. The minimum absolute atomic E-state index is 0.722. The molecule has 130 valence electrons. The van der Waals surface area contributed by atoms with Gasteiger partial charge in [-0.2, -0.15) is 0 Å². The summed E-state index contributed by atoms with van der Waals surface area (Å²) in [6.07, 6.45) is 0. The molecule has 3 rings (SSSR count). The van der Waals surface area contributed by atoms with E-state index in [1.165, 1.54) is 5.56 Å². The Morgan fingerprint density at radius 3 is 2.60 bits per heavy atom. The lowest BCUT2D eigenvalue weighted by molar-refractivity contribution is 0.400. The number of methoxy groups -OCH3 is 2. The van der Waals surface area contributed by atoms with Crippen molar-refractivity contribution in [1.29, 1.82) is 0 Å². The molecule has 0 fully saturated rings. The number of aromatic nitrogens is 3. The van der Waals surface area contributed by atoms with E-state index in [9.17, 15) is 0 Å². The number of hydrogen-bond acceptors (Lipinski definition) is 5. The van der Waals surface area contributed by atoms with Crippen LogP contribution in [0.1, 0.15) is 11.1 Å². The normalized spacial score (nSPS) is 10.7. The largest absolute Gasteiger partial charge is 0.497 e. The van der Waals surface area contributed by atoms with Crippen LogP contribution < -0.4 is 9.47 Å². The molecule has 0 aliphatic carbocycles. The second-order valence-corrected chi connectivity index (χ2v) is 6.64. The Morgan fingerprint density at radius 1 is 1.04 bits per heavy atom. The van der Waals surface area contributed by atoms with Crippen molar-refractivity contribution in [3.05, 3.63) is 53.6 Å². The molecule has 0 saturated heterocycles. The number of rotatable bonds is 6. The van der Waals surface area contributed by atoms with E-state index in [-0.39, 0.29) is 0 Å². The van der Waals surface area contributed by atoms with Crippen LogP contribution in [-0.4, -0.2) is 29.0 Å². The summed E-state index contributed by atoms with van der Waals surface area (Å²) < 4.78 is 12.8. The molecule has 0 N–H and O–H groups in total. The lowest BCUT2D eigenvalue weighted by Crippen LogP contribution is -1.96. The smallest absolute Gasteiger partial charge is 0.191 e. The van der Waals surface area contributed by atoms with Gasteiger partial charge >= 0.3 is 0 Å². The van der Waals surface area contributed by atoms with Crippen LogP contribution in [0.3, 0.4) is 0 Å². The van der Waals surface area contributed by atoms with Gasteiger partial charge in [-0.1, -0.05) is 35.5 Å². The Balaban J connectivity index is 1.81. The summed E-state index contributed by atoms with van der Waals surface area (Å²) in [5, 5.41) is 9.55. The first kappa shape index (κ1) is 17.4. The van der Waals surface area contributed by atoms with Gasteiger partial charge in [0.1, 0.15) is 11.5 Å². The molecule has 0 aliphatic heterocycles. The number of ether oxygens (including phenoxy) is 2. The summed E-state index contributed by atoms with van der Waals surface area (Å²) in [7, 11) is 5.33. The monoisotopic (exact) mass is 355 g/mol. The lowest BCUT2D eigenvalue weighted by atomic mass is 10.1. The minimum atomic E-state index is 0.722. The maximum Gasteiger partial charge on any atom is 0.191 e. The Labute approximate surface area is 152 Å². The van der Waals surface area contributed by atoms with Crippen molar-refractivity contribution < 1.29 is 9.47 Å². The number of hydrogen-bond donors (Lipinski definition) is 0. The van der Waals surface area contributed by atoms with Crippen molar-refractivity contribution >= 4 is 11.8 Å². The maximum absolute atomic E-state index is 5.44. The van der Waals surface area contributed by atoms with Gasteiger partial charge in [0.2, 0.25) is 0 Å². The molecule has 0 bridgehead atoms. The number of aryl methyl sites for hydroxylation is 1. The van der Waals surface area contributed by atoms with Gasteiger partial charge in [-0.05, 0) is 31.2 Å². The van der Waals surface area contributed by atoms with Crippen LogP contribution >= 0.6 is 11.8 Å². The molecule has 0 saturated carbocycles. The highest BCUT2D eigenvalue weighted by atomic mass is 32.2. The topological polar surface area (TPSA) is 49.2 Å². The number of nitrogens with zero attached hydrogens (tertiary/aromatic N) is 3. The van der Waals surface area contributed by atoms with Gasteiger partial charge in [0.15, 0.2) is 11.0 Å². The van der Waals surface area contributed by atoms with Crippen LogP contribution in [0, 0.1) is 6.92 Å². The van der Waals surface area contributed by atoms with Crippen molar-refractivity contribution in [3.8, 4) is 22.9 Å². The van der Waals surface area contributed by atoms with E-state index in [2.05, 4.69) is 35.3 Å². The van der Waals surface area contributed by atoms with Gasteiger partial charge in [0.05, 0.1) is 14.2 Å². The fourth-order valence-corrected chi connectivity index (χ4v) is 3.50. The maximum atomic E-state index is 5.44. The Morgan fingerprint density at radius 2 is 1.88 bits per heavy atom. The van der Waals surface area contributed by atoms with Crippen LogP contribution in [0.4, 0.5) is 0 Å². The van der Waals surface area contributed by atoms with Crippen LogP contribution in [-0.2, 0) is 12.8 Å². The molecule has 3 aromatic rings. The van der Waals surface area contributed by atoms with E-state index >= 15 is 0 Å². The van der Waals surface area contributed by atoms with Gasteiger partial charge in [0.25, 0.3) is 0 Å². The van der Waals surface area contributed by atoms with Crippen molar-refractivity contribution in [1.82, 2.24) is 14.8 Å². The number of thioether (sulfide) groups is 1. The van der Waals surface area contributed by atoms with Crippen LogP contribution in [0.25, 0.3) is 11.4 Å². The van der Waals surface area contributed by atoms with E-state index in [1.807, 2.05) is 35.9 Å². The highest BCUT2D eigenvalue weighted by Gasteiger charge is 2.13. The molecule has 1 heterocycles. The highest BCUT2D eigenvalue weighted by molar-refractivity contribution is 7.98. The third-order valence-corrected chi connectivity index (χ3v) is 5.02. The first-order valence-electron chi connectivity index (χ1n) is 7.92. The molecule has 1 aromatic heterocycles. The van der Waals surface area contributed by atoms with Crippen LogP contribution in [0.2, 0.25) is 0 Å². The molecule has 0 atom stereocenters. The van der Waals surface area contributed by atoms with Gasteiger partial charge in [-0.15, -0.1) is 10.2 Å².